The molecule has 0 saturated heterocycles. The predicted octanol–water partition coefficient (Wildman–Crippen LogP) is 1.89. The van der Waals surface area contributed by atoms with E-state index in [4.69, 9.17) is 0 Å². The number of anilines is 2. The van der Waals surface area contributed by atoms with Crippen LogP contribution in [0.4, 0.5) is 11.4 Å². The SMILES string of the molecule is CN(C)c1ccc(Br)cc1NS(C)(=O)=O. The van der Waals surface area contributed by atoms with Gasteiger partial charge in [-0.1, -0.05) is 15.9 Å². The maximum atomic E-state index is 11.1. The molecule has 1 N–H and O–H groups in total. The van der Waals surface area contributed by atoms with Crippen molar-refractivity contribution < 1.29 is 8.42 Å². The van der Waals surface area contributed by atoms with Crippen molar-refractivity contribution in [2.75, 3.05) is 30.0 Å². The first-order chi connectivity index (χ1) is 6.79. The Hall–Kier alpha value is -0.750. The molecule has 6 heteroatoms. The lowest BCUT2D eigenvalue weighted by Crippen LogP contribution is -2.15. The van der Waals surface area contributed by atoms with E-state index in [1.54, 1.807) is 6.07 Å². The van der Waals surface area contributed by atoms with Crippen LogP contribution < -0.4 is 9.62 Å². The molecule has 15 heavy (non-hydrogen) atoms. The molecule has 0 unspecified atom stereocenters. The quantitative estimate of drug-likeness (QED) is 0.926. The van der Waals surface area contributed by atoms with Gasteiger partial charge >= 0.3 is 0 Å². The van der Waals surface area contributed by atoms with Gasteiger partial charge in [-0.15, -0.1) is 0 Å². The van der Waals surface area contributed by atoms with Crippen LogP contribution in [0.5, 0.6) is 0 Å². The van der Waals surface area contributed by atoms with E-state index in [1.165, 1.54) is 0 Å². The van der Waals surface area contributed by atoms with Crippen LogP contribution in [0.15, 0.2) is 22.7 Å². The zero-order valence-corrected chi connectivity index (χ0v) is 11.2. The number of rotatable bonds is 3. The van der Waals surface area contributed by atoms with Crippen molar-refractivity contribution >= 4 is 37.3 Å². The molecular weight excluding hydrogens is 280 g/mol. The summed E-state index contributed by atoms with van der Waals surface area (Å²) in [7, 11) is 0.468. The first-order valence-corrected chi connectivity index (χ1v) is 6.93. The van der Waals surface area contributed by atoms with Gasteiger partial charge in [0.05, 0.1) is 17.6 Å². The first-order valence-electron chi connectivity index (χ1n) is 4.24. The molecule has 1 aromatic carbocycles. The Balaban J connectivity index is 3.19. The highest BCUT2D eigenvalue weighted by Gasteiger charge is 2.09. The summed E-state index contributed by atoms with van der Waals surface area (Å²) in [6.07, 6.45) is 1.13. The lowest BCUT2D eigenvalue weighted by molar-refractivity contribution is 0.607. The van der Waals surface area contributed by atoms with Crippen LogP contribution in [0.3, 0.4) is 0 Å². The van der Waals surface area contributed by atoms with Crippen molar-refractivity contribution in [1.82, 2.24) is 0 Å². The molecule has 0 aliphatic carbocycles. The maximum Gasteiger partial charge on any atom is 0.229 e. The summed E-state index contributed by atoms with van der Waals surface area (Å²) in [6, 6.07) is 5.44. The van der Waals surface area contributed by atoms with Crippen molar-refractivity contribution in [2.24, 2.45) is 0 Å². The van der Waals surface area contributed by atoms with E-state index in [9.17, 15) is 8.42 Å². The molecule has 1 rings (SSSR count). The molecule has 0 aliphatic heterocycles. The number of hydrogen-bond donors (Lipinski definition) is 1. The van der Waals surface area contributed by atoms with Gasteiger partial charge < -0.3 is 4.90 Å². The van der Waals surface area contributed by atoms with Gasteiger partial charge in [0.15, 0.2) is 0 Å². The second-order valence-electron chi connectivity index (χ2n) is 3.43. The molecule has 0 radical (unpaired) electrons. The second-order valence-corrected chi connectivity index (χ2v) is 6.09. The molecule has 0 aliphatic rings. The minimum atomic E-state index is -3.25. The Labute approximate surface area is 98.5 Å². The normalized spacial score (nSPS) is 11.2. The molecule has 0 amide bonds. The fraction of sp³-hybridized carbons (Fsp3) is 0.333. The van der Waals surface area contributed by atoms with Crippen molar-refractivity contribution in [1.29, 1.82) is 0 Å². The summed E-state index contributed by atoms with van der Waals surface area (Å²) < 4.78 is 25.6. The van der Waals surface area contributed by atoms with Crippen LogP contribution in [0.2, 0.25) is 0 Å². The van der Waals surface area contributed by atoms with Gasteiger partial charge in [-0.3, -0.25) is 4.72 Å². The third-order valence-electron chi connectivity index (χ3n) is 1.74. The van der Waals surface area contributed by atoms with Gasteiger partial charge in [-0.25, -0.2) is 8.42 Å². The molecule has 0 heterocycles. The summed E-state index contributed by atoms with van der Waals surface area (Å²) in [5.41, 5.74) is 1.39. The third kappa shape index (κ3) is 3.71. The van der Waals surface area contributed by atoms with E-state index in [1.807, 2.05) is 31.1 Å². The Bertz CT molecular complexity index is 457. The summed E-state index contributed by atoms with van der Waals surface area (Å²) >= 11 is 3.30. The van der Waals surface area contributed by atoms with Crippen molar-refractivity contribution in [3.63, 3.8) is 0 Å². The smallest absolute Gasteiger partial charge is 0.229 e. The van der Waals surface area contributed by atoms with E-state index in [2.05, 4.69) is 20.7 Å². The van der Waals surface area contributed by atoms with Crippen LogP contribution in [-0.4, -0.2) is 28.8 Å². The van der Waals surface area contributed by atoms with E-state index >= 15 is 0 Å². The molecule has 0 bridgehead atoms. The fourth-order valence-electron chi connectivity index (χ4n) is 1.18. The maximum absolute atomic E-state index is 11.1. The van der Waals surface area contributed by atoms with Crippen LogP contribution in [0, 0.1) is 0 Å². The monoisotopic (exact) mass is 292 g/mol. The Morgan fingerprint density at radius 1 is 1.33 bits per heavy atom. The largest absolute Gasteiger partial charge is 0.376 e. The Morgan fingerprint density at radius 2 is 1.93 bits per heavy atom. The summed E-state index contributed by atoms with van der Waals surface area (Å²) in [4.78, 5) is 1.85. The first kappa shape index (κ1) is 12.3. The summed E-state index contributed by atoms with van der Waals surface area (Å²) in [5, 5.41) is 0. The van der Waals surface area contributed by atoms with Gasteiger partial charge in [0.1, 0.15) is 0 Å². The Morgan fingerprint density at radius 3 is 2.40 bits per heavy atom. The molecule has 0 atom stereocenters. The zero-order chi connectivity index (χ0) is 11.6. The molecule has 84 valence electrons. The minimum Gasteiger partial charge on any atom is -0.376 e. The molecule has 4 nitrogen and oxygen atoms in total. The van der Waals surface area contributed by atoms with Crippen LogP contribution in [0.1, 0.15) is 0 Å². The summed E-state index contributed by atoms with van der Waals surface area (Å²) in [5.74, 6) is 0. The second kappa shape index (κ2) is 4.40. The van der Waals surface area contributed by atoms with Gasteiger partial charge in [0, 0.05) is 18.6 Å². The molecule has 0 spiro atoms. The van der Waals surface area contributed by atoms with Gasteiger partial charge in [-0.05, 0) is 18.2 Å². The van der Waals surface area contributed by atoms with Crippen molar-refractivity contribution in [2.45, 2.75) is 0 Å². The highest BCUT2D eigenvalue weighted by atomic mass is 79.9. The third-order valence-corrected chi connectivity index (χ3v) is 2.82. The van der Waals surface area contributed by atoms with Gasteiger partial charge in [0.25, 0.3) is 0 Å². The molecule has 0 fully saturated rings. The lowest BCUT2D eigenvalue weighted by Gasteiger charge is -2.17. The average Bonchev–Trinajstić information content (AvgIpc) is 1.99. The van der Waals surface area contributed by atoms with E-state index in [0.717, 1.165) is 16.4 Å². The van der Waals surface area contributed by atoms with Gasteiger partial charge in [0.2, 0.25) is 10.0 Å². The van der Waals surface area contributed by atoms with E-state index < -0.39 is 10.0 Å². The number of benzene rings is 1. The number of hydrogen-bond acceptors (Lipinski definition) is 3. The number of sulfonamides is 1. The van der Waals surface area contributed by atoms with E-state index in [-0.39, 0.29) is 0 Å². The fourth-order valence-corrected chi connectivity index (χ4v) is 2.10. The lowest BCUT2D eigenvalue weighted by atomic mass is 10.2. The highest BCUT2D eigenvalue weighted by Crippen LogP contribution is 2.28. The molecule has 1 aromatic rings. The van der Waals surface area contributed by atoms with E-state index in [0.29, 0.717) is 5.69 Å². The van der Waals surface area contributed by atoms with Crippen LogP contribution in [0.25, 0.3) is 0 Å². The molecular formula is C9H13BrN2O2S. The van der Waals surface area contributed by atoms with Crippen LogP contribution >= 0.6 is 15.9 Å². The Kier molecular flexibility index (Phi) is 3.62. The van der Waals surface area contributed by atoms with Crippen molar-refractivity contribution in [3.05, 3.63) is 22.7 Å². The average molecular weight is 293 g/mol. The topological polar surface area (TPSA) is 49.4 Å². The van der Waals surface area contributed by atoms with Crippen molar-refractivity contribution in [3.8, 4) is 0 Å². The molecule has 0 aromatic heterocycles. The minimum absolute atomic E-state index is 0.567. The number of halogens is 1. The van der Waals surface area contributed by atoms with Gasteiger partial charge in [-0.2, -0.15) is 0 Å². The number of nitrogens with one attached hydrogen (secondary N) is 1. The zero-order valence-electron chi connectivity index (χ0n) is 8.78. The highest BCUT2D eigenvalue weighted by molar-refractivity contribution is 9.10. The number of nitrogens with zero attached hydrogens (tertiary/aromatic N) is 1. The predicted molar refractivity (Wildman–Crippen MR) is 66.9 cm³/mol. The molecule has 0 saturated carbocycles. The summed E-state index contributed by atoms with van der Waals surface area (Å²) in [6.45, 7) is 0. The standard InChI is InChI=1S/C9H13BrN2O2S/c1-12(2)9-5-4-7(10)6-8(9)11-15(3,13)14/h4-6,11H,1-3H3. The van der Waals surface area contributed by atoms with Crippen LogP contribution in [-0.2, 0) is 10.0 Å².